The van der Waals surface area contributed by atoms with Gasteiger partial charge in [0.05, 0.1) is 25.9 Å². The average molecular weight is 230 g/mol. The van der Waals surface area contributed by atoms with Crippen molar-refractivity contribution in [2.24, 2.45) is 5.73 Å². The first-order chi connectivity index (χ1) is 7.38. The Labute approximate surface area is 99.1 Å². The number of hydrogen-bond acceptors (Lipinski definition) is 4. The number of nitrogens with zero attached hydrogens (tertiary/aromatic N) is 1. The minimum absolute atomic E-state index is 0.193. The molecule has 96 valence electrons. The number of ether oxygens (including phenoxy) is 2. The normalized spacial score (nSPS) is 24.0. The Morgan fingerprint density at radius 1 is 1.50 bits per heavy atom. The standard InChI is InChI=1S/C12H26N2O2/c1-10(2)14-5-6-16-11(7-14)8-15-9-12(3,4)13/h10-11H,5-9,13H2,1-4H3. The van der Waals surface area contributed by atoms with E-state index >= 15 is 0 Å². The molecule has 0 aromatic carbocycles. The molecule has 0 saturated carbocycles. The van der Waals surface area contributed by atoms with Crippen molar-refractivity contribution in [2.45, 2.75) is 45.4 Å². The zero-order valence-electron chi connectivity index (χ0n) is 11.0. The molecule has 1 saturated heterocycles. The first kappa shape index (κ1) is 13.9. The molecule has 1 unspecified atom stereocenters. The third-order valence-corrected chi connectivity index (χ3v) is 2.68. The fourth-order valence-electron chi connectivity index (χ4n) is 1.77. The lowest BCUT2D eigenvalue weighted by atomic mass is 10.1. The molecule has 0 aromatic heterocycles. The SMILES string of the molecule is CC(C)N1CCOC(COCC(C)(C)N)C1. The molecule has 0 radical (unpaired) electrons. The summed E-state index contributed by atoms with van der Waals surface area (Å²) >= 11 is 0. The van der Waals surface area contributed by atoms with Crippen molar-refractivity contribution in [2.75, 3.05) is 32.9 Å². The molecule has 1 aliphatic rings. The Hall–Kier alpha value is -0.160. The van der Waals surface area contributed by atoms with E-state index in [1.807, 2.05) is 13.8 Å². The summed E-state index contributed by atoms with van der Waals surface area (Å²) in [6, 6.07) is 0.581. The fraction of sp³-hybridized carbons (Fsp3) is 1.00. The second-order valence-corrected chi connectivity index (χ2v) is 5.59. The molecular formula is C12H26N2O2. The van der Waals surface area contributed by atoms with Crippen molar-refractivity contribution < 1.29 is 9.47 Å². The smallest absolute Gasteiger partial charge is 0.0935 e. The van der Waals surface area contributed by atoms with Crippen molar-refractivity contribution in [1.82, 2.24) is 4.90 Å². The molecule has 2 N–H and O–H groups in total. The lowest BCUT2D eigenvalue weighted by Crippen LogP contribution is -2.48. The molecule has 4 nitrogen and oxygen atoms in total. The largest absolute Gasteiger partial charge is 0.377 e. The van der Waals surface area contributed by atoms with Crippen LogP contribution in [-0.2, 0) is 9.47 Å². The number of rotatable bonds is 5. The molecule has 1 fully saturated rings. The van der Waals surface area contributed by atoms with Gasteiger partial charge in [0.25, 0.3) is 0 Å². The van der Waals surface area contributed by atoms with Crippen LogP contribution in [0.25, 0.3) is 0 Å². The molecule has 4 heteroatoms. The van der Waals surface area contributed by atoms with Crippen LogP contribution in [-0.4, -0.2) is 55.5 Å². The predicted molar refractivity (Wildman–Crippen MR) is 65.5 cm³/mol. The van der Waals surface area contributed by atoms with Gasteiger partial charge in [-0.1, -0.05) is 0 Å². The number of nitrogens with two attached hydrogens (primary N) is 1. The van der Waals surface area contributed by atoms with Gasteiger partial charge >= 0.3 is 0 Å². The molecule has 0 aliphatic carbocycles. The second kappa shape index (κ2) is 5.96. The highest BCUT2D eigenvalue weighted by atomic mass is 16.5. The summed E-state index contributed by atoms with van der Waals surface area (Å²) in [5.74, 6) is 0. The molecule has 0 aromatic rings. The third kappa shape index (κ3) is 5.25. The Morgan fingerprint density at radius 3 is 2.75 bits per heavy atom. The van der Waals surface area contributed by atoms with Gasteiger partial charge in [0.1, 0.15) is 0 Å². The minimum Gasteiger partial charge on any atom is -0.377 e. The first-order valence-electron chi connectivity index (χ1n) is 6.11. The number of morpholine rings is 1. The van der Waals surface area contributed by atoms with Gasteiger partial charge in [-0.05, 0) is 27.7 Å². The van der Waals surface area contributed by atoms with Crippen LogP contribution in [0.2, 0.25) is 0 Å². The second-order valence-electron chi connectivity index (χ2n) is 5.59. The molecular weight excluding hydrogens is 204 g/mol. The van der Waals surface area contributed by atoms with E-state index in [1.54, 1.807) is 0 Å². The Bertz CT molecular complexity index is 202. The van der Waals surface area contributed by atoms with Crippen molar-refractivity contribution in [1.29, 1.82) is 0 Å². The third-order valence-electron chi connectivity index (χ3n) is 2.68. The molecule has 1 heterocycles. The van der Waals surface area contributed by atoms with Crippen molar-refractivity contribution in [3.05, 3.63) is 0 Å². The van der Waals surface area contributed by atoms with Gasteiger partial charge in [-0.3, -0.25) is 4.90 Å². The van der Waals surface area contributed by atoms with Gasteiger partial charge in [-0.15, -0.1) is 0 Å². The quantitative estimate of drug-likeness (QED) is 0.760. The lowest BCUT2D eigenvalue weighted by Gasteiger charge is -2.35. The van der Waals surface area contributed by atoms with Gasteiger partial charge in [0.15, 0.2) is 0 Å². The van der Waals surface area contributed by atoms with Crippen LogP contribution in [0, 0.1) is 0 Å². The van der Waals surface area contributed by atoms with Crippen LogP contribution >= 0.6 is 0 Å². The first-order valence-corrected chi connectivity index (χ1v) is 6.11. The maximum atomic E-state index is 5.85. The summed E-state index contributed by atoms with van der Waals surface area (Å²) in [7, 11) is 0. The molecule has 0 bridgehead atoms. The van der Waals surface area contributed by atoms with Gasteiger partial charge in [-0.25, -0.2) is 0 Å². The van der Waals surface area contributed by atoms with E-state index in [2.05, 4.69) is 18.7 Å². The van der Waals surface area contributed by atoms with E-state index in [-0.39, 0.29) is 11.6 Å². The molecule has 1 rings (SSSR count). The molecule has 0 spiro atoms. The van der Waals surface area contributed by atoms with Crippen LogP contribution in [0.15, 0.2) is 0 Å². The summed E-state index contributed by atoms with van der Waals surface area (Å²) in [4.78, 5) is 2.42. The Morgan fingerprint density at radius 2 is 2.19 bits per heavy atom. The van der Waals surface area contributed by atoms with Gasteiger partial charge in [-0.2, -0.15) is 0 Å². The fourth-order valence-corrected chi connectivity index (χ4v) is 1.77. The summed E-state index contributed by atoms with van der Waals surface area (Å²) in [6.45, 7) is 12.4. The molecule has 1 aliphatic heterocycles. The van der Waals surface area contributed by atoms with E-state index < -0.39 is 0 Å². The summed E-state index contributed by atoms with van der Waals surface area (Å²) < 4.78 is 11.3. The van der Waals surface area contributed by atoms with Crippen LogP contribution in [0.5, 0.6) is 0 Å². The van der Waals surface area contributed by atoms with E-state index in [4.69, 9.17) is 15.2 Å². The van der Waals surface area contributed by atoms with E-state index in [1.165, 1.54) is 0 Å². The Balaban J connectivity index is 2.22. The van der Waals surface area contributed by atoms with E-state index in [0.29, 0.717) is 19.3 Å². The van der Waals surface area contributed by atoms with Crippen LogP contribution in [0.1, 0.15) is 27.7 Å². The summed E-state index contributed by atoms with van der Waals surface area (Å²) in [6.07, 6.45) is 0.193. The lowest BCUT2D eigenvalue weighted by molar-refractivity contribution is -0.0798. The zero-order chi connectivity index (χ0) is 12.2. The van der Waals surface area contributed by atoms with Crippen LogP contribution in [0.3, 0.4) is 0 Å². The summed E-state index contributed by atoms with van der Waals surface area (Å²) in [5, 5.41) is 0. The maximum absolute atomic E-state index is 5.85. The van der Waals surface area contributed by atoms with Gasteiger partial charge in [0.2, 0.25) is 0 Å². The van der Waals surface area contributed by atoms with Crippen molar-refractivity contribution in [3.63, 3.8) is 0 Å². The van der Waals surface area contributed by atoms with E-state index in [9.17, 15) is 0 Å². The van der Waals surface area contributed by atoms with Gasteiger partial charge in [0, 0.05) is 24.7 Å². The molecule has 16 heavy (non-hydrogen) atoms. The van der Waals surface area contributed by atoms with Crippen molar-refractivity contribution in [3.8, 4) is 0 Å². The predicted octanol–water partition coefficient (Wildman–Crippen LogP) is 0.850. The average Bonchev–Trinajstić information content (AvgIpc) is 2.16. The topological polar surface area (TPSA) is 47.7 Å². The van der Waals surface area contributed by atoms with Crippen LogP contribution in [0.4, 0.5) is 0 Å². The Kier molecular flexibility index (Phi) is 5.18. The maximum Gasteiger partial charge on any atom is 0.0935 e. The summed E-state index contributed by atoms with van der Waals surface area (Å²) in [5.41, 5.74) is 5.59. The minimum atomic E-state index is -0.258. The van der Waals surface area contributed by atoms with Gasteiger partial charge < -0.3 is 15.2 Å². The highest BCUT2D eigenvalue weighted by Crippen LogP contribution is 2.09. The molecule has 1 atom stereocenters. The highest BCUT2D eigenvalue weighted by molar-refractivity contribution is 4.75. The highest BCUT2D eigenvalue weighted by Gasteiger charge is 2.22. The number of hydrogen-bond donors (Lipinski definition) is 1. The molecule has 0 amide bonds. The zero-order valence-corrected chi connectivity index (χ0v) is 11.0. The van der Waals surface area contributed by atoms with E-state index in [0.717, 1.165) is 19.7 Å². The van der Waals surface area contributed by atoms with Crippen LogP contribution < -0.4 is 5.73 Å². The monoisotopic (exact) mass is 230 g/mol. The van der Waals surface area contributed by atoms with Crippen molar-refractivity contribution >= 4 is 0 Å².